The Morgan fingerprint density at radius 2 is 2.15 bits per heavy atom. The largest absolute Gasteiger partial charge is 0.468 e. The quantitative estimate of drug-likeness (QED) is 0.830. The van der Waals surface area contributed by atoms with Crippen LogP contribution >= 0.6 is 0 Å². The highest BCUT2D eigenvalue weighted by Crippen LogP contribution is 2.32. The van der Waals surface area contributed by atoms with Crippen LogP contribution in [0.25, 0.3) is 0 Å². The summed E-state index contributed by atoms with van der Waals surface area (Å²) in [7, 11) is 1.34. The van der Waals surface area contributed by atoms with E-state index in [2.05, 4.69) is 10.1 Å². The molecule has 20 heavy (non-hydrogen) atoms. The van der Waals surface area contributed by atoms with Crippen LogP contribution in [-0.2, 0) is 14.3 Å². The van der Waals surface area contributed by atoms with Crippen molar-refractivity contribution in [2.24, 2.45) is 0 Å². The number of esters is 1. The first-order valence-corrected chi connectivity index (χ1v) is 6.85. The van der Waals surface area contributed by atoms with Gasteiger partial charge in [0.15, 0.2) is 0 Å². The first-order chi connectivity index (χ1) is 9.67. The SMILES string of the molecule is CCCN(CC(=O)OC)C(=O)C1CNc2ccccc21. The predicted molar refractivity (Wildman–Crippen MR) is 76.6 cm³/mol. The van der Waals surface area contributed by atoms with E-state index in [0.717, 1.165) is 17.7 Å². The minimum atomic E-state index is -0.383. The van der Waals surface area contributed by atoms with E-state index in [0.29, 0.717) is 13.1 Å². The molecule has 108 valence electrons. The van der Waals surface area contributed by atoms with Crippen molar-refractivity contribution in [3.05, 3.63) is 29.8 Å². The average molecular weight is 276 g/mol. The maximum atomic E-state index is 12.6. The molecule has 2 rings (SSSR count). The number of para-hydroxylation sites is 1. The molecule has 0 radical (unpaired) electrons. The lowest BCUT2D eigenvalue weighted by Gasteiger charge is -2.24. The number of amides is 1. The molecular formula is C15H20N2O3. The van der Waals surface area contributed by atoms with Crippen molar-refractivity contribution in [2.75, 3.05) is 32.1 Å². The Balaban J connectivity index is 2.14. The average Bonchev–Trinajstić information content (AvgIpc) is 2.89. The number of hydrogen-bond donors (Lipinski definition) is 1. The second-order valence-electron chi connectivity index (χ2n) is 4.86. The number of nitrogens with zero attached hydrogens (tertiary/aromatic N) is 1. The molecule has 1 aliphatic rings. The van der Waals surface area contributed by atoms with Crippen LogP contribution in [0.4, 0.5) is 5.69 Å². The molecule has 1 aliphatic heterocycles. The molecule has 0 saturated heterocycles. The molecule has 1 N–H and O–H groups in total. The van der Waals surface area contributed by atoms with Crippen LogP contribution in [0, 0.1) is 0 Å². The fourth-order valence-corrected chi connectivity index (χ4v) is 2.48. The zero-order valence-corrected chi connectivity index (χ0v) is 11.9. The van der Waals surface area contributed by atoms with Gasteiger partial charge in [0.2, 0.25) is 5.91 Å². The number of nitrogens with one attached hydrogen (secondary N) is 1. The van der Waals surface area contributed by atoms with Crippen LogP contribution in [0.5, 0.6) is 0 Å². The minimum Gasteiger partial charge on any atom is -0.468 e. The maximum absolute atomic E-state index is 12.6. The molecule has 0 saturated carbocycles. The molecule has 1 unspecified atom stereocenters. The summed E-state index contributed by atoms with van der Waals surface area (Å²) in [6, 6.07) is 7.79. The summed E-state index contributed by atoms with van der Waals surface area (Å²) in [5, 5.41) is 3.23. The van der Waals surface area contributed by atoms with Crippen molar-refractivity contribution in [1.29, 1.82) is 0 Å². The van der Waals surface area contributed by atoms with Crippen molar-refractivity contribution in [2.45, 2.75) is 19.3 Å². The van der Waals surface area contributed by atoms with Gasteiger partial charge in [-0.2, -0.15) is 0 Å². The molecule has 1 heterocycles. The van der Waals surface area contributed by atoms with Gasteiger partial charge in [-0.05, 0) is 18.1 Å². The van der Waals surface area contributed by atoms with Gasteiger partial charge in [0.25, 0.3) is 0 Å². The molecule has 1 aromatic rings. The van der Waals surface area contributed by atoms with Gasteiger partial charge < -0.3 is 15.0 Å². The predicted octanol–water partition coefficient (Wildman–Crippen LogP) is 1.61. The third-order valence-corrected chi connectivity index (χ3v) is 3.48. The molecule has 0 fully saturated rings. The van der Waals surface area contributed by atoms with Crippen LogP contribution < -0.4 is 5.32 Å². The van der Waals surface area contributed by atoms with Crippen LogP contribution in [0.2, 0.25) is 0 Å². The number of benzene rings is 1. The highest BCUT2D eigenvalue weighted by atomic mass is 16.5. The van der Waals surface area contributed by atoms with Crippen LogP contribution in [-0.4, -0.2) is 43.5 Å². The van der Waals surface area contributed by atoms with Crippen molar-refractivity contribution in [1.82, 2.24) is 4.90 Å². The molecular weight excluding hydrogens is 256 g/mol. The smallest absolute Gasteiger partial charge is 0.325 e. The number of anilines is 1. The van der Waals surface area contributed by atoms with E-state index in [1.165, 1.54) is 7.11 Å². The summed E-state index contributed by atoms with van der Waals surface area (Å²) >= 11 is 0. The van der Waals surface area contributed by atoms with Gasteiger partial charge in [-0.1, -0.05) is 25.1 Å². The molecule has 5 nitrogen and oxygen atoms in total. The van der Waals surface area contributed by atoms with Crippen molar-refractivity contribution in [3.63, 3.8) is 0 Å². The lowest BCUT2D eigenvalue weighted by atomic mass is 10.00. The topological polar surface area (TPSA) is 58.6 Å². The fourth-order valence-electron chi connectivity index (χ4n) is 2.48. The molecule has 0 aliphatic carbocycles. The van der Waals surface area contributed by atoms with Gasteiger partial charge in [-0.3, -0.25) is 9.59 Å². The van der Waals surface area contributed by atoms with Crippen LogP contribution in [0.15, 0.2) is 24.3 Å². The third kappa shape index (κ3) is 2.92. The summed E-state index contributed by atoms with van der Waals surface area (Å²) in [6.07, 6.45) is 0.810. The van der Waals surface area contributed by atoms with E-state index in [-0.39, 0.29) is 24.3 Å². The van der Waals surface area contributed by atoms with Gasteiger partial charge in [-0.25, -0.2) is 0 Å². The molecule has 1 aromatic carbocycles. The van der Waals surface area contributed by atoms with Gasteiger partial charge in [0.1, 0.15) is 6.54 Å². The summed E-state index contributed by atoms with van der Waals surface area (Å²) in [5.41, 5.74) is 2.00. The lowest BCUT2D eigenvalue weighted by Crippen LogP contribution is -2.40. The summed E-state index contributed by atoms with van der Waals surface area (Å²) in [5.74, 6) is -0.622. The Labute approximate surface area is 118 Å². The standard InChI is InChI=1S/C15H20N2O3/c1-3-8-17(10-14(18)20-2)15(19)12-9-16-13-7-5-4-6-11(12)13/h4-7,12,16H,3,8-10H2,1-2H3. The lowest BCUT2D eigenvalue weighted by molar-refractivity contribution is -0.147. The Morgan fingerprint density at radius 1 is 1.40 bits per heavy atom. The maximum Gasteiger partial charge on any atom is 0.325 e. The number of rotatable bonds is 5. The summed E-state index contributed by atoms with van der Waals surface area (Å²) in [6.45, 7) is 3.15. The monoisotopic (exact) mass is 276 g/mol. The number of methoxy groups -OCH3 is 1. The molecule has 5 heteroatoms. The zero-order valence-electron chi connectivity index (χ0n) is 11.9. The van der Waals surface area contributed by atoms with E-state index in [1.54, 1.807) is 4.90 Å². The zero-order chi connectivity index (χ0) is 14.5. The number of hydrogen-bond acceptors (Lipinski definition) is 4. The van der Waals surface area contributed by atoms with Crippen molar-refractivity contribution < 1.29 is 14.3 Å². The van der Waals surface area contributed by atoms with Gasteiger partial charge in [-0.15, -0.1) is 0 Å². The van der Waals surface area contributed by atoms with Crippen LogP contribution in [0.1, 0.15) is 24.8 Å². The Hall–Kier alpha value is -2.04. The first-order valence-electron chi connectivity index (χ1n) is 6.85. The second kappa shape index (κ2) is 6.41. The van der Waals surface area contributed by atoms with E-state index < -0.39 is 0 Å². The van der Waals surface area contributed by atoms with E-state index in [9.17, 15) is 9.59 Å². The van der Waals surface area contributed by atoms with E-state index in [1.807, 2.05) is 31.2 Å². The van der Waals surface area contributed by atoms with Gasteiger partial charge in [0.05, 0.1) is 13.0 Å². The second-order valence-corrected chi connectivity index (χ2v) is 4.86. The fraction of sp³-hybridized carbons (Fsp3) is 0.467. The first kappa shape index (κ1) is 14.4. The Bertz CT molecular complexity index is 502. The van der Waals surface area contributed by atoms with E-state index >= 15 is 0 Å². The van der Waals surface area contributed by atoms with Crippen molar-refractivity contribution in [3.8, 4) is 0 Å². The molecule has 0 aromatic heterocycles. The normalized spacial score (nSPS) is 16.2. The summed E-state index contributed by atoms with van der Waals surface area (Å²) < 4.78 is 4.66. The number of carbonyl (C=O) groups excluding carboxylic acids is 2. The molecule has 1 atom stereocenters. The number of ether oxygens (including phenoxy) is 1. The van der Waals surface area contributed by atoms with Gasteiger partial charge >= 0.3 is 5.97 Å². The van der Waals surface area contributed by atoms with Gasteiger partial charge in [0, 0.05) is 18.8 Å². The highest BCUT2D eigenvalue weighted by Gasteiger charge is 2.32. The Morgan fingerprint density at radius 3 is 2.85 bits per heavy atom. The summed E-state index contributed by atoms with van der Waals surface area (Å²) in [4.78, 5) is 25.6. The van der Waals surface area contributed by atoms with Crippen molar-refractivity contribution >= 4 is 17.6 Å². The molecule has 1 amide bonds. The number of fused-ring (bicyclic) bond motifs is 1. The minimum absolute atomic E-state index is 0.0157. The van der Waals surface area contributed by atoms with Crippen LogP contribution in [0.3, 0.4) is 0 Å². The third-order valence-electron chi connectivity index (χ3n) is 3.48. The molecule has 0 bridgehead atoms. The van der Waals surface area contributed by atoms with E-state index in [4.69, 9.17) is 0 Å². The highest BCUT2D eigenvalue weighted by molar-refractivity contribution is 5.90. The molecule has 0 spiro atoms. The Kier molecular flexibility index (Phi) is 4.61. The number of carbonyl (C=O) groups is 2.